The Balaban J connectivity index is 2.16. The lowest BCUT2D eigenvalue weighted by Gasteiger charge is -2.19. The molecule has 0 spiro atoms. The van der Waals surface area contributed by atoms with Crippen LogP contribution in [0.4, 0.5) is 0 Å². The molecule has 0 aliphatic carbocycles. The Hall–Kier alpha value is -1.71. The first-order valence-corrected chi connectivity index (χ1v) is 8.63. The van der Waals surface area contributed by atoms with Crippen LogP contribution in [-0.2, 0) is 16.6 Å². The quantitative estimate of drug-likeness (QED) is 0.811. The van der Waals surface area contributed by atoms with Crippen LogP contribution in [0.15, 0.2) is 34.1 Å². The van der Waals surface area contributed by atoms with Crippen LogP contribution in [0.25, 0.3) is 0 Å². The van der Waals surface area contributed by atoms with Gasteiger partial charge in [0, 0.05) is 30.9 Å². The standard InChI is InChI=1S/C12H16N4O3S2/c1-2-16(7-6-15-5-3-4-14-15)21(18,19)11-8-10(9-20-11)12(13)17/h3-5,8-9H,2,6-7H2,1H3,(H2,13,17). The molecule has 0 aliphatic rings. The fraction of sp³-hybridized carbons (Fsp3) is 0.333. The molecule has 9 heteroatoms. The van der Waals surface area contributed by atoms with E-state index in [2.05, 4.69) is 5.10 Å². The summed E-state index contributed by atoms with van der Waals surface area (Å²) in [5, 5.41) is 5.50. The number of primary amides is 1. The maximum Gasteiger partial charge on any atom is 0.252 e. The molecule has 2 heterocycles. The maximum absolute atomic E-state index is 12.5. The lowest BCUT2D eigenvalue weighted by Crippen LogP contribution is -2.33. The molecule has 114 valence electrons. The van der Waals surface area contributed by atoms with E-state index >= 15 is 0 Å². The van der Waals surface area contributed by atoms with Crippen LogP contribution in [-0.4, -0.2) is 41.5 Å². The van der Waals surface area contributed by atoms with Crippen molar-refractivity contribution in [2.24, 2.45) is 5.73 Å². The monoisotopic (exact) mass is 328 g/mol. The minimum absolute atomic E-state index is 0.124. The number of hydrogen-bond acceptors (Lipinski definition) is 5. The number of carbonyl (C=O) groups is 1. The molecule has 2 aromatic rings. The number of aromatic nitrogens is 2. The Morgan fingerprint density at radius 2 is 2.29 bits per heavy atom. The average molecular weight is 328 g/mol. The minimum Gasteiger partial charge on any atom is -0.366 e. The fourth-order valence-electron chi connectivity index (χ4n) is 1.80. The third kappa shape index (κ3) is 3.49. The number of amides is 1. The van der Waals surface area contributed by atoms with Crippen molar-refractivity contribution >= 4 is 27.3 Å². The summed E-state index contributed by atoms with van der Waals surface area (Å²) in [4.78, 5) is 11.1. The first kappa shape index (κ1) is 15.7. The highest BCUT2D eigenvalue weighted by atomic mass is 32.2. The van der Waals surface area contributed by atoms with Crippen LogP contribution < -0.4 is 5.73 Å². The van der Waals surface area contributed by atoms with Crippen molar-refractivity contribution in [2.75, 3.05) is 13.1 Å². The molecular weight excluding hydrogens is 312 g/mol. The summed E-state index contributed by atoms with van der Waals surface area (Å²) in [5.74, 6) is -0.632. The van der Waals surface area contributed by atoms with Crippen molar-refractivity contribution in [3.05, 3.63) is 35.5 Å². The topological polar surface area (TPSA) is 98.3 Å². The molecule has 0 aliphatic heterocycles. The number of carbonyl (C=O) groups excluding carboxylic acids is 1. The summed E-state index contributed by atoms with van der Waals surface area (Å²) < 4.78 is 28.2. The Kier molecular flexibility index (Phi) is 4.76. The van der Waals surface area contributed by atoms with Crippen molar-refractivity contribution in [3.63, 3.8) is 0 Å². The van der Waals surface area contributed by atoms with Crippen LogP contribution in [0.1, 0.15) is 17.3 Å². The third-order valence-electron chi connectivity index (χ3n) is 2.94. The maximum atomic E-state index is 12.5. The van der Waals surface area contributed by atoms with Crippen LogP contribution in [0.5, 0.6) is 0 Å². The fourth-order valence-corrected chi connectivity index (χ4v) is 4.56. The number of nitrogens with zero attached hydrogens (tertiary/aromatic N) is 3. The molecule has 0 atom stereocenters. The van der Waals surface area contributed by atoms with E-state index in [0.717, 1.165) is 11.3 Å². The summed E-state index contributed by atoms with van der Waals surface area (Å²) in [7, 11) is -3.61. The summed E-state index contributed by atoms with van der Waals surface area (Å²) in [6.45, 7) is 2.88. The number of sulfonamides is 1. The summed E-state index contributed by atoms with van der Waals surface area (Å²) in [5.41, 5.74) is 5.36. The Morgan fingerprint density at radius 1 is 1.52 bits per heavy atom. The predicted molar refractivity (Wildman–Crippen MR) is 79.5 cm³/mol. The van der Waals surface area contributed by atoms with Gasteiger partial charge in [0.1, 0.15) is 4.21 Å². The largest absolute Gasteiger partial charge is 0.366 e. The third-order valence-corrected chi connectivity index (χ3v) is 6.33. The molecule has 0 saturated carbocycles. The highest BCUT2D eigenvalue weighted by Crippen LogP contribution is 2.23. The Morgan fingerprint density at radius 3 is 2.81 bits per heavy atom. The second-order valence-corrected chi connectivity index (χ2v) is 7.36. The second kappa shape index (κ2) is 6.37. The normalized spacial score (nSPS) is 11.9. The highest BCUT2D eigenvalue weighted by molar-refractivity contribution is 7.91. The van der Waals surface area contributed by atoms with Gasteiger partial charge in [-0.15, -0.1) is 11.3 Å². The van der Waals surface area contributed by atoms with Crippen molar-refractivity contribution in [1.82, 2.24) is 14.1 Å². The SMILES string of the molecule is CCN(CCn1cccn1)S(=O)(=O)c1cc(C(N)=O)cs1. The number of hydrogen-bond donors (Lipinski definition) is 1. The van der Waals surface area contributed by atoms with Gasteiger partial charge < -0.3 is 5.73 Å². The number of likely N-dealkylation sites (N-methyl/N-ethyl adjacent to an activating group) is 1. The van der Waals surface area contributed by atoms with Gasteiger partial charge in [-0.3, -0.25) is 9.48 Å². The van der Waals surface area contributed by atoms with E-state index in [-0.39, 0.29) is 9.77 Å². The van der Waals surface area contributed by atoms with E-state index in [0.29, 0.717) is 19.6 Å². The van der Waals surface area contributed by atoms with Crippen LogP contribution >= 0.6 is 11.3 Å². The van der Waals surface area contributed by atoms with Gasteiger partial charge in [0.2, 0.25) is 5.91 Å². The predicted octanol–water partition coefficient (Wildman–Crippen LogP) is 0.754. The average Bonchev–Trinajstić information content (AvgIpc) is 3.10. The molecular formula is C12H16N4O3S2. The van der Waals surface area contributed by atoms with Gasteiger partial charge in [-0.1, -0.05) is 6.92 Å². The minimum atomic E-state index is -3.61. The van der Waals surface area contributed by atoms with Gasteiger partial charge in [0.15, 0.2) is 0 Å². The first-order chi connectivity index (χ1) is 9.95. The zero-order valence-electron chi connectivity index (χ0n) is 11.5. The molecule has 0 aromatic carbocycles. The zero-order chi connectivity index (χ0) is 15.5. The van der Waals surface area contributed by atoms with Gasteiger partial charge in [0.05, 0.1) is 12.1 Å². The summed E-state index contributed by atoms with van der Waals surface area (Å²) >= 11 is 0.999. The van der Waals surface area contributed by atoms with Gasteiger partial charge in [-0.2, -0.15) is 9.40 Å². The van der Waals surface area contributed by atoms with Crippen LogP contribution in [0.2, 0.25) is 0 Å². The molecule has 0 saturated heterocycles. The van der Waals surface area contributed by atoms with Crippen molar-refractivity contribution < 1.29 is 13.2 Å². The van der Waals surface area contributed by atoms with Gasteiger partial charge in [-0.05, 0) is 12.1 Å². The van der Waals surface area contributed by atoms with Gasteiger partial charge in [0.25, 0.3) is 10.0 Å². The molecule has 0 radical (unpaired) electrons. The summed E-state index contributed by atoms with van der Waals surface area (Å²) in [6.07, 6.45) is 3.42. The molecule has 0 bridgehead atoms. The van der Waals surface area contributed by atoms with E-state index in [4.69, 9.17) is 5.73 Å². The number of rotatable bonds is 7. The van der Waals surface area contributed by atoms with Crippen LogP contribution in [0, 0.1) is 0 Å². The molecule has 2 rings (SSSR count). The number of thiophene rings is 1. The van der Waals surface area contributed by atoms with Crippen LogP contribution in [0.3, 0.4) is 0 Å². The molecule has 0 unspecified atom stereocenters. The van der Waals surface area contributed by atoms with Gasteiger partial charge in [-0.25, -0.2) is 8.42 Å². The lowest BCUT2D eigenvalue weighted by molar-refractivity contribution is 0.100. The molecule has 21 heavy (non-hydrogen) atoms. The summed E-state index contributed by atoms with van der Waals surface area (Å²) in [6, 6.07) is 3.10. The van der Waals surface area contributed by atoms with E-state index in [1.807, 2.05) is 0 Å². The smallest absolute Gasteiger partial charge is 0.252 e. The molecule has 2 N–H and O–H groups in total. The Labute approximate surface area is 127 Å². The van der Waals surface area contributed by atoms with E-state index in [9.17, 15) is 13.2 Å². The van der Waals surface area contributed by atoms with E-state index < -0.39 is 15.9 Å². The van der Waals surface area contributed by atoms with Gasteiger partial charge >= 0.3 is 0 Å². The van der Waals surface area contributed by atoms with Crippen molar-refractivity contribution in [2.45, 2.75) is 17.7 Å². The second-order valence-electron chi connectivity index (χ2n) is 4.28. The molecule has 0 fully saturated rings. The molecule has 7 nitrogen and oxygen atoms in total. The lowest BCUT2D eigenvalue weighted by atomic mass is 10.3. The zero-order valence-corrected chi connectivity index (χ0v) is 13.1. The van der Waals surface area contributed by atoms with Crippen molar-refractivity contribution in [1.29, 1.82) is 0 Å². The molecule has 1 amide bonds. The van der Waals surface area contributed by atoms with Crippen molar-refractivity contribution in [3.8, 4) is 0 Å². The van der Waals surface area contributed by atoms with E-state index in [1.165, 1.54) is 15.8 Å². The highest BCUT2D eigenvalue weighted by Gasteiger charge is 2.25. The first-order valence-electron chi connectivity index (χ1n) is 6.31. The van der Waals surface area contributed by atoms with E-state index in [1.54, 1.807) is 30.1 Å². The molecule has 2 aromatic heterocycles. The Bertz CT molecular complexity index is 707. The number of nitrogens with two attached hydrogens (primary N) is 1.